The first-order chi connectivity index (χ1) is 18.3. The fraction of sp³-hybridized carbons (Fsp3) is 0.519. The van der Waals surface area contributed by atoms with Crippen LogP contribution in [0, 0.1) is 17.2 Å². The molecule has 0 bridgehead atoms. The quantitative estimate of drug-likeness (QED) is 0.379. The van der Waals surface area contributed by atoms with E-state index in [0.717, 1.165) is 50.3 Å². The minimum absolute atomic E-state index is 0. The van der Waals surface area contributed by atoms with E-state index in [4.69, 9.17) is 33.3 Å². The molecule has 2 aliphatic heterocycles. The van der Waals surface area contributed by atoms with Gasteiger partial charge in [0, 0.05) is 41.6 Å². The third-order valence-corrected chi connectivity index (χ3v) is 8.56. The number of fused-ring (bicyclic) bond motifs is 1. The lowest BCUT2D eigenvalue weighted by atomic mass is 9.91. The number of likely N-dealkylation sites (tertiary alicyclic amines) is 1. The number of nitriles is 1. The molecule has 5 rings (SSSR count). The predicted octanol–water partition coefficient (Wildman–Crippen LogP) is 5.58. The van der Waals surface area contributed by atoms with Gasteiger partial charge in [-0.1, -0.05) is 36.2 Å². The largest absolute Gasteiger partial charge is 0.481 e. The summed E-state index contributed by atoms with van der Waals surface area (Å²) < 4.78 is 1.72. The standard InChI is InChI=1S/C27H31Cl2N7O2.ClH/c1-16-15-34(11-9-23(16)35-10-3-4-19(35)6-8-25(37)38)24-14-31-26-22(13-30)33-36(27(26)32-24)17(2)20-7-5-18(28)12-21(20)29;/h5,7,12,14,16-17,19,23H,3-4,6,8-11,15H2,1-2H3,(H,37,38);1H/t16-,17?,19+,23+;/m1./s1. The highest BCUT2D eigenvalue weighted by molar-refractivity contribution is 6.35. The van der Waals surface area contributed by atoms with Crippen LogP contribution in [0.4, 0.5) is 5.82 Å². The number of halogens is 3. The molecule has 1 N–H and O–H groups in total. The molecule has 2 saturated heterocycles. The summed E-state index contributed by atoms with van der Waals surface area (Å²) in [5.41, 5.74) is 2.06. The lowest BCUT2D eigenvalue weighted by Gasteiger charge is -2.43. The van der Waals surface area contributed by atoms with Crippen molar-refractivity contribution in [2.75, 3.05) is 24.5 Å². The van der Waals surface area contributed by atoms with Gasteiger partial charge in [0.1, 0.15) is 17.4 Å². The van der Waals surface area contributed by atoms with Gasteiger partial charge in [0.15, 0.2) is 11.3 Å². The second-order valence-electron chi connectivity index (χ2n) is 10.4. The maximum Gasteiger partial charge on any atom is 0.303 e. The Labute approximate surface area is 244 Å². The molecular formula is C27H32Cl3N7O2. The molecule has 39 heavy (non-hydrogen) atoms. The number of aromatic nitrogens is 4. The number of carbonyl (C=O) groups is 1. The van der Waals surface area contributed by atoms with Crippen LogP contribution < -0.4 is 4.90 Å². The summed E-state index contributed by atoms with van der Waals surface area (Å²) in [4.78, 5) is 25.5. The second-order valence-corrected chi connectivity index (χ2v) is 11.2. The SMILES string of the molecule is CC(c1ccc(Cl)cc1Cl)n1nc(C#N)c2ncc(N3CC[C@H](N4CCC[C@H]4CCC(=O)O)[C@H](C)C3)nc21.Cl. The van der Waals surface area contributed by atoms with Crippen LogP contribution in [-0.2, 0) is 4.79 Å². The van der Waals surface area contributed by atoms with Crippen molar-refractivity contribution in [3.05, 3.63) is 45.7 Å². The van der Waals surface area contributed by atoms with Gasteiger partial charge in [0.25, 0.3) is 0 Å². The van der Waals surface area contributed by atoms with E-state index >= 15 is 0 Å². The van der Waals surface area contributed by atoms with Crippen molar-refractivity contribution in [2.24, 2.45) is 5.92 Å². The van der Waals surface area contributed by atoms with Gasteiger partial charge >= 0.3 is 5.97 Å². The first kappa shape index (κ1) is 29.3. The van der Waals surface area contributed by atoms with Crippen LogP contribution >= 0.6 is 35.6 Å². The lowest BCUT2D eigenvalue weighted by Crippen LogP contribution is -2.52. The molecule has 0 radical (unpaired) electrons. The van der Waals surface area contributed by atoms with Gasteiger partial charge in [0.05, 0.1) is 12.2 Å². The van der Waals surface area contributed by atoms with Crippen LogP contribution in [0.15, 0.2) is 24.4 Å². The summed E-state index contributed by atoms with van der Waals surface area (Å²) in [5.74, 6) is 0.421. The molecule has 208 valence electrons. The Bertz CT molecular complexity index is 1390. The van der Waals surface area contributed by atoms with Crippen molar-refractivity contribution in [1.82, 2.24) is 24.6 Å². The minimum Gasteiger partial charge on any atom is -0.481 e. The number of piperidine rings is 1. The van der Waals surface area contributed by atoms with Crippen LogP contribution in [0.5, 0.6) is 0 Å². The first-order valence-electron chi connectivity index (χ1n) is 13.1. The molecule has 4 atom stereocenters. The molecule has 0 amide bonds. The van der Waals surface area contributed by atoms with Gasteiger partial charge in [-0.3, -0.25) is 9.69 Å². The molecule has 4 heterocycles. The molecule has 3 aromatic rings. The summed E-state index contributed by atoms with van der Waals surface area (Å²) in [6.45, 7) is 6.91. The molecule has 1 unspecified atom stereocenters. The summed E-state index contributed by atoms with van der Waals surface area (Å²) in [6, 6.07) is 7.97. The molecule has 9 nitrogen and oxygen atoms in total. The Morgan fingerprint density at radius 2 is 2.08 bits per heavy atom. The van der Waals surface area contributed by atoms with Crippen LogP contribution in [0.25, 0.3) is 11.2 Å². The number of nitrogens with zero attached hydrogens (tertiary/aromatic N) is 7. The van der Waals surface area contributed by atoms with Gasteiger partial charge in [0.2, 0.25) is 0 Å². The molecule has 0 spiro atoms. The maximum absolute atomic E-state index is 11.1. The fourth-order valence-electron chi connectivity index (χ4n) is 6.10. The number of carboxylic acid groups (broad SMARTS) is 1. The topological polar surface area (TPSA) is 111 Å². The van der Waals surface area contributed by atoms with Crippen molar-refractivity contribution >= 4 is 58.6 Å². The van der Waals surface area contributed by atoms with E-state index in [0.29, 0.717) is 45.6 Å². The zero-order chi connectivity index (χ0) is 27.0. The average Bonchev–Trinajstić information content (AvgIpc) is 3.51. The highest BCUT2D eigenvalue weighted by atomic mass is 35.5. The smallest absolute Gasteiger partial charge is 0.303 e. The van der Waals surface area contributed by atoms with Gasteiger partial charge in [-0.05, 0) is 62.8 Å². The van der Waals surface area contributed by atoms with E-state index in [2.05, 4.69) is 32.9 Å². The third kappa shape index (κ3) is 5.94. The highest BCUT2D eigenvalue weighted by Crippen LogP contribution is 2.34. The van der Waals surface area contributed by atoms with Crippen LogP contribution in [0.2, 0.25) is 10.0 Å². The molecule has 2 aromatic heterocycles. The Morgan fingerprint density at radius 3 is 2.77 bits per heavy atom. The van der Waals surface area contributed by atoms with Gasteiger partial charge < -0.3 is 10.0 Å². The number of anilines is 1. The van der Waals surface area contributed by atoms with E-state index in [1.54, 1.807) is 23.0 Å². The normalized spacial score (nSPS) is 22.4. The van der Waals surface area contributed by atoms with Crippen LogP contribution in [0.1, 0.15) is 63.3 Å². The van der Waals surface area contributed by atoms with Crippen molar-refractivity contribution in [2.45, 2.75) is 64.1 Å². The first-order valence-corrected chi connectivity index (χ1v) is 13.8. The van der Waals surface area contributed by atoms with Crippen LogP contribution in [0.3, 0.4) is 0 Å². The molecule has 0 saturated carbocycles. The van der Waals surface area contributed by atoms with E-state index in [9.17, 15) is 10.1 Å². The Hall–Kier alpha value is -2.64. The molecule has 0 aliphatic carbocycles. The van der Waals surface area contributed by atoms with Crippen LogP contribution in [-0.4, -0.2) is 67.4 Å². The molecule has 2 aliphatic rings. The number of rotatable bonds is 7. The Balaban J connectivity index is 0.00000353. The van der Waals surface area contributed by atoms with E-state index < -0.39 is 5.97 Å². The number of hydrogen-bond donors (Lipinski definition) is 1. The summed E-state index contributed by atoms with van der Waals surface area (Å²) >= 11 is 12.6. The maximum atomic E-state index is 11.1. The Kier molecular flexibility index (Phi) is 9.22. The van der Waals surface area contributed by atoms with Gasteiger partial charge in [-0.15, -0.1) is 12.4 Å². The van der Waals surface area contributed by atoms with Gasteiger partial charge in [-0.25, -0.2) is 14.6 Å². The number of hydrogen-bond acceptors (Lipinski definition) is 7. The Morgan fingerprint density at radius 1 is 1.28 bits per heavy atom. The second kappa shape index (κ2) is 12.3. The molecule has 1 aromatic carbocycles. The van der Waals surface area contributed by atoms with Crippen molar-refractivity contribution in [1.29, 1.82) is 5.26 Å². The number of benzene rings is 1. The zero-order valence-corrected chi connectivity index (χ0v) is 24.3. The highest BCUT2D eigenvalue weighted by Gasteiger charge is 2.37. The summed E-state index contributed by atoms with van der Waals surface area (Å²) in [7, 11) is 0. The monoisotopic (exact) mass is 591 g/mol. The summed E-state index contributed by atoms with van der Waals surface area (Å²) in [6.07, 6.45) is 5.84. The van der Waals surface area contributed by atoms with Gasteiger partial charge in [-0.2, -0.15) is 10.4 Å². The van der Waals surface area contributed by atoms with Crippen molar-refractivity contribution < 1.29 is 9.90 Å². The summed E-state index contributed by atoms with van der Waals surface area (Å²) in [5, 5.41) is 24.4. The van der Waals surface area contributed by atoms with Crippen molar-refractivity contribution in [3.63, 3.8) is 0 Å². The van der Waals surface area contributed by atoms with E-state index in [1.165, 1.54) is 0 Å². The van der Waals surface area contributed by atoms with Crippen molar-refractivity contribution in [3.8, 4) is 6.07 Å². The zero-order valence-electron chi connectivity index (χ0n) is 21.9. The average molecular weight is 593 g/mol. The number of carboxylic acids is 1. The molecular weight excluding hydrogens is 561 g/mol. The van der Waals surface area contributed by atoms with E-state index in [1.807, 2.05) is 13.0 Å². The van der Waals surface area contributed by atoms with E-state index in [-0.39, 0.29) is 30.6 Å². The number of aliphatic carboxylic acids is 1. The third-order valence-electron chi connectivity index (χ3n) is 8.00. The molecule has 2 fully saturated rings. The lowest BCUT2D eigenvalue weighted by molar-refractivity contribution is -0.137. The predicted molar refractivity (Wildman–Crippen MR) is 154 cm³/mol. The minimum atomic E-state index is -0.722. The fourth-order valence-corrected chi connectivity index (χ4v) is 6.66. The molecule has 12 heteroatoms.